The normalized spacial score (nSPS) is 12.9. The number of carbonyl (C=O) groups excluding carboxylic acids is 1. The lowest BCUT2D eigenvalue weighted by molar-refractivity contribution is 0.0253. The fourth-order valence-electron chi connectivity index (χ4n) is 7.44. The first-order valence-electron chi connectivity index (χ1n) is 24.1. The summed E-state index contributed by atoms with van der Waals surface area (Å²) in [7, 11) is -3.17. The summed E-state index contributed by atoms with van der Waals surface area (Å²) in [5, 5.41) is 6.81. The predicted octanol–water partition coefficient (Wildman–Crippen LogP) is 8.24. The molecule has 2 atom stereocenters. The maximum absolute atomic E-state index is 13.7. The summed E-state index contributed by atoms with van der Waals surface area (Å²) in [6.45, 7) is 26.5. The Hall–Kier alpha value is -5.37. The van der Waals surface area contributed by atoms with Crippen LogP contribution >= 0.6 is 14.7 Å². The van der Waals surface area contributed by atoms with Gasteiger partial charge in [0.25, 0.3) is 0 Å². The van der Waals surface area contributed by atoms with Crippen molar-refractivity contribution in [3.8, 4) is 35.2 Å². The van der Waals surface area contributed by atoms with E-state index in [9.17, 15) is 13.9 Å². The molecule has 0 spiro atoms. The fourth-order valence-corrected chi connectivity index (χ4v) is 10.1. The lowest BCUT2D eigenvalue weighted by Crippen LogP contribution is -2.43. The van der Waals surface area contributed by atoms with Crippen LogP contribution in [0.1, 0.15) is 96.0 Å². The van der Waals surface area contributed by atoms with Gasteiger partial charge in [-0.1, -0.05) is 23.7 Å². The smallest absolute Gasteiger partial charge is 0.410 e. The van der Waals surface area contributed by atoms with Gasteiger partial charge in [-0.05, 0) is 123 Å². The van der Waals surface area contributed by atoms with E-state index in [2.05, 4.69) is 71.8 Å². The van der Waals surface area contributed by atoms with Gasteiger partial charge in [-0.3, -0.25) is 9.13 Å². The zero-order valence-electron chi connectivity index (χ0n) is 43.7. The second kappa shape index (κ2) is 27.3. The number of hydrogen-bond donors (Lipinski definition) is 2. The molecule has 0 saturated carbocycles. The summed E-state index contributed by atoms with van der Waals surface area (Å²) in [6, 6.07) is 18.9. The largest absolute Gasteiger partial charge is 0.495 e. The van der Waals surface area contributed by atoms with Crippen molar-refractivity contribution in [2.45, 2.75) is 81.0 Å². The Morgan fingerprint density at radius 1 is 0.600 bits per heavy atom. The topological polar surface area (TPSA) is 157 Å². The van der Waals surface area contributed by atoms with Crippen LogP contribution in [0.3, 0.4) is 0 Å². The number of rotatable bonds is 24. The number of benzene rings is 2. The molecule has 4 aromatic rings. The van der Waals surface area contributed by atoms with Gasteiger partial charge in [-0.25, -0.2) is 14.8 Å². The molecular formula is C53H75N7O8P2. The minimum atomic E-state index is -3.25. The minimum absolute atomic E-state index is 0.269. The van der Waals surface area contributed by atoms with Crippen molar-refractivity contribution < 1.29 is 37.2 Å². The Bertz CT molecular complexity index is 2430. The van der Waals surface area contributed by atoms with Crippen molar-refractivity contribution in [1.29, 1.82) is 0 Å². The van der Waals surface area contributed by atoms with Gasteiger partial charge in [0.05, 0.1) is 50.2 Å². The van der Waals surface area contributed by atoms with Crippen molar-refractivity contribution in [3.63, 3.8) is 0 Å². The first-order valence-corrected chi connectivity index (χ1v) is 28.2. The molecule has 0 aliphatic heterocycles. The Morgan fingerprint density at radius 3 is 1.33 bits per heavy atom. The van der Waals surface area contributed by atoms with E-state index in [0.29, 0.717) is 72.7 Å². The Kier molecular flexibility index (Phi) is 22.3. The molecule has 0 radical (unpaired) electrons. The van der Waals surface area contributed by atoms with Gasteiger partial charge in [-0.15, -0.1) is 0 Å². The van der Waals surface area contributed by atoms with Crippen molar-refractivity contribution in [2.75, 3.05) is 103 Å². The summed E-state index contributed by atoms with van der Waals surface area (Å²) in [5.74, 6) is 14.6. The molecule has 1 amide bonds. The molecule has 0 saturated heterocycles. The number of ether oxygens (including phenoxy) is 3. The van der Waals surface area contributed by atoms with E-state index < -0.39 is 26.4 Å². The van der Waals surface area contributed by atoms with E-state index in [1.807, 2.05) is 69.3 Å². The van der Waals surface area contributed by atoms with E-state index >= 15 is 0 Å². The predicted molar refractivity (Wildman–Crippen MR) is 284 cm³/mol. The first kappa shape index (κ1) is 57.2. The summed E-state index contributed by atoms with van der Waals surface area (Å²) in [4.78, 5) is 29.1. The maximum Gasteiger partial charge on any atom is 0.410 e. The minimum Gasteiger partial charge on any atom is -0.495 e. The monoisotopic (exact) mass is 1000 g/mol. The molecule has 2 aromatic heterocycles. The number of anilines is 2. The molecule has 4 rings (SSSR count). The molecule has 0 aliphatic rings. The average Bonchev–Trinajstić information content (AvgIpc) is 3.32. The standard InChI is InChI=1S/C53H75N7O8P2/c1-14-58(15-2)46-34-40(24-26-48(46)64-10)20-22-42-32-44(56-50(36-42)69(12,62)66-18-5)38-54-28-30-60(52(61)68-53(7,8)9)31-29-55-39-45-33-43(37-51(57-45)70(13,63)67-19-6)23-21-41-25-27-49(65-11)47(35-41)59(16-3)17-4/h24-27,32-37,54-55H,14-19,28-31,38-39H2,1-13H3. The fraction of sp³-hybridized carbons (Fsp3) is 0.491. The van der Waals surface area contributed by atoms with Gasteiger partial charge < -0.3 is 48.6 Å². The van der Waals surface area contributed by atoms with Crippen LogP contribution in [-0.2, 0) is 36.0 Å². The van der Waals surface area contributed by atoms with Crippen molar-refractivity contribution in [2.24, 2.45) is 0 Å². The highest BCUT2D eigenvalue weighted by Crippen LogP contribution is 2.41. The summed E-state index contributed by atoms with van der Waals surface area (Å²) < 4.78 is 55.7. The van der Waals surface area contributed by atoms with Gasteiger partial charge in [-0.2, -0.15) is 0 Å². The van der Waals surface area contributed by atoms with E-state index in [4.69, 9.17) is 33.2 Å². The molecule has 0 fully saturated rings. The Balaban J connectivity index is 1.51. The first-order chi connectivity index (χ1) is 33.3. The molecule has 70 heavy (non-hydrogen) atoms. The third-order valence-corrected chi connectivity index (χ3v) is 14.6. The highest BCUT2D eigenvalue weighted by atomic mass is 31.2. The molecule has 2 unspecified atom stereocenters. The van der Waals surface area contributed by atoms with Crippen LogP contribution in [0.2, 0.25) is 0 Å². The maximum atomic E-state index is 13.7. The zero-order valence-corrected chi connectivity index (χ0v) is 45.4. The van der Waals surface area contributed by atoms with Crippen LogP contribution in [0.4, 0.5) is 16.2 Å². The Morgan fingerprint density at radius 2 is 0.986 bits per heavy atom. The SMILES string of the molecule is CCOP(C)(=O)c1cc(C#Cc2ccc(OC)c(N(CC)CC)c2)cc(CNCCN(CCNCc2cc(C#Cc3ccc(OC)c(N(CC)CC)c3)cc(P(C)(=O)OCC)n2)C(=O)OC(C)(C)C)n1. The number of hydrogen-bond acceptors (Lipinski definition) is 14. The van der Waals surface area contributed by atoms with Gasteiger partial charge in [0.2, 0.25) is 14.7 Å². The number of pyridine rings is 2. The number of methoxy groups -OCH3 is 2. The van der Waals surface area contributed by atoms with Crippen molar-refractivity contribution in [3.05, 3.63) is 94.3 Å². The molecule has 2 aromatic carbocycles. The quantitative estimate of drug-likeness (QED) is 0.0393. The lowest BCUT2D eigenvalue weighted by atomic mass is 10.1. The van der Waals surface area contributed by atoms with Crippen LogP contribution in [0, 0.1) is 23.7 Å². The van der Waals surface area contributed by atoms with E-state index in [1.165, 1.54) is 0 Å². The van der Waals surface area contributed by atoms with Gasteiger partial charge in [0, 0.05) is 101 Å². The van der Waals surface area contributed by atoms with Gasteiger partial charge in [0.15, 0.2) is 0 Å². The van der Waals surface area contributed by atoms with Gasteiger partial charge in [0.1, 0.15) is 28.0 Å². The molecule has 0 bridgehead atoms. The number of amides is 1. The molecule has 0 aliphatic carbocycles. The highest BCUT2D eigenvalue weighted by molar-refractivity contribution is 7.66. The molecule has 17 heteroatoms. The summed E-state index contributed by atoms with van der Waals surface area (Å²) in [5.41, 5.74) is 6.04. The average molecular weight is 1000 g/mol. The second-order valence-corrected chi connectivity index (χ2v) is 22.2. The molecule has 2 N–H and O–H groups in total. The zero-order chi connectivity index (χ0) is 51.5. The third kappa shape index (κ3) is 17.2. The number of nitrogens with zero attached hydrogens (tertiary/aromatic N) is 5. The van der Waals surface area contributed by atoms with Crippen LogP contribution in [0.5, 0.6) is 11.5 Å². The molecule has 2 heterocycles. The number of carbonyl (C=O) groups is 1. The van der Waals surface area contributed by atoms with Crippen LogP contribution in [-0.4, -0.2) is 120 Å². The number of aromatic nitrogens is 2. The number of nitrogens with one attached hydrogen (secondary N) is 2. The lowest BCUT2D eigenvalue weighted by Gasteiger charge is -2.27. The molecule has 15 nitrogen and oxygen atoms in total. The van der Waals surface area contributed by atoms with E-state index in [0.717, 1.165) is 60.2 Å². The van der Waals surface area contributed by atoms with Crippen LogP contribution in [0.25, 0.3) is 0 Å². The van der Waals surface area contributed by atoms with Crippen molar-refractivity contribution in [1.82, 2.24) is 25.5 Å². The van der Waals surface area contributed by atoms with Crippen molar-refractivity contribution >= 4 is 43.1 Å². The third-order valence-electron chi connectivity index (χ3n) is 11.0. The second-order valence-electron chi connectivity index (χ2n) is 17.4. The molecular weight excluding hydrogens is 925 g/mol. The van der Waals surface area contributed by atoms with Crippen LogP contribution in [0.15, 0.2) is 60.7 Å². The van der Waals surface area contributed by atoms with Gasteiger partial charge >= 0.3 is 6.09 Å². The highest BCUT2D eigenvalue weighted by Gasteiger charge is 2.25. The Labute approximate surface area is 417 Å². The molecule has 380 valence electrons. The van der Waals surface area contributed by atoms with E-state index in [1.54, 1.807) is 58.4 Å². The summed E-state index contributed by atoms with van der Waals surface area (Å²) in [6.07, 6.45) is -0.455. The summed E-state index contributed by atoms with van der Waals surface area (Å²) >= 11 is 0. The van der Waals surface area contributed by atoms with E-state index in [-0.39, 0.29) is 13.2 Å². The van der Waals surface area contributed by atoms with Crippen LogP contribution < -0.4 is 40.8 Å².